The first-order valence-corrected chi connectivity index (χ1v) is 4.76. The number of alkyl halides is 3. The highest BCUT2D eigenvalue weighted by Crippen LogP contribution is 2.27. The fourth-order valence-electron chi connectivity index (χ4n) is 1.46. The molecule has 5 heteroatoms. The molecule has 3 unspecified atom stereocenters. The van der Waals surface area contributed by atoms with Gasteiger partial charge in [-0.2, -0.15) is 13.2 Å². The molecule has 0 aromatic rings. The maximum absolute atomic E-state index is 12.6. The Labute approximate surface area is 83.3 Å². The maximum atomic E-state index is 12.6. The van der Waals surface area contributed by atoms with Crippen molar-refractivity contribution in [3.8, 4) is 0 Å². The minimum atomic E-state index is -4.26. The van der Waals surface area contributed by atoms with Crippen LogP contribution in [0.4, 0.5) is 13.2 Å². The highest BCUT2D eigenvalue weighted by atomic mass is 19.4. The van der Waals surface area contributed by atoms with Gasteiger partial charge in [-0.1, -0.05) is 6.92 Å². The summed E-state index contributed by atoms with van der Waals surface area (Å²) in [6.07, 6.45) is -3.58. The number of nitrogens with two attached hydrogens (primary N) is 1. The Morgan fingerprint density at radius 3 is 1.93 bits per heavy atom. The van der Waals surface area contributed by atoms with Crippen molar-refractivity contribution in [1.29, 1.82) is 0 Å². The van der Waals surface area contributed by atoms with Gasteiger partial charge < -0.3 is 5.73 Å². The van der Waals surface area contributed by atoms with E-state index in [0.29, 0.717) is 6.42 Å². The van der Waals surface area contributed by atoms with Crippen molar-refractivity contribution in [2.75, 3.05) is 7.05 Å². The molecular formula is C9H19F3N2. The highest BCUT2D eigenvalue weighted by Gasteiger charge is 2.45. The quantitative estimate of drug-likeness (QED) is 0.772. The van der Waals surface area contributed by atoms with Gasteiger partial charge in [0.05, 0.1) is 0 Å². The second-order valence-corrected chi connectivity index (χ2v) is 3.77. The van der Waals surface area contributed by atoms with Crippen LogP contribution in [-0.4, -0.2) is 36.2 Å². The number of nitrogens with zero attached hydrogens (tertiary/aromatic N) is 1. The number of likely N-dealkylation sites (N-methyl/N-ethyl adjacent to an activating group) is 1. The number of hydrogen-bond donors (Lipinski definition) is 1. The number of halogens is 3. The molecule has 0 fully saturated rings. The minimum absolute atomic E-state index is 0.118. The van der Waals surface area contributed by atoms with Crippen molar-refractivity contribution in [1.82, 2.24) is 4.90 Å². The molecule has 0 aromatic carbocycles. The Kier molecular flexibility index (Phi) is 4.88. The molecule has 86 valence electrons. The monoisotopic (exact) mass is 212 g/mol. The lowest BCUT2D eigenvalue weighted by Crippen LogP contribution is -2.56. The van der Waals surface area contributed by atoms with E-state index in [1.165, 1.54) is 18.9 Å². The number of rotatable bonds is 4. The summed E-state index contributed by atoms with van der Waals surface area (Å²) in [6, 6.07) is -2.58. The smallest absolute Gasteiger partial charge is 0.326 e. The van der Waals surface area contributed by atoms with Gasteiger partial charge in [0.2, 0.25) is 0 Å². The summed E-state index contributed by atoms with van der Waals surface area (Å²) in [4.78, 5) is 1.30. The topological polar surface area (TPSA) is 29.3 Å². The van der Waals surface area contributed by atoms with E-state index < -0.39 is 18.3 Å². The zero-order valence-corrected chi connectivity index (χ0v) is 9.10. The highest BCUT2D eigenvalue weighted by molar-refractivity contribution is 4.86. The molecule has 0 aliphatic heterocycles. The molecule has 0 radical (unpaired) electrons. The molecule has 0 bridgehead atoms. The van der Waals surface area contributed by atoms with Crippen LogP contribution in [0.3, 0.4) is 0 Å². The van der Waals surface area contributed by atoms with Gasteiger partial charge in [0, 0.05) is 12.1 Å². The summed E-state index contributed by atoms with van der Waals surface area (Å²) in [5.41, 5.74) is 5.35. The van der Waals surface area contributed by atoms with Crippen LogP contribution >= 0.6 is 0 Å². The molecule has 2 nitrogen and oxygen atoms in total. The van der Waals surface area contributed by atoms with Gasteiger partial charge in [-0.15, -0.1) is 0 Å². The molecule has 0 saturated carbocycles. The van der Waals surface area contributed by atoms with Gasteiger partial charge in [-0.3, -0.25) is 4.90 Å². The fraction of sp³-hybridized carbons (Fsp3) is 1.00. The van der Waals surface area contributed by atoms with Crippen LogP contribution in [0.2, 0.25) is 0 Å². The first-order chi connectivity index (χ1) is 6.21. The molecule has 0 amide bonds. The van der Waals surface area contributed by atoms with Crippen LogP contribution in [0.25, 0.3) is 0 Å². The average Bonchev–Trinajstić information content (AvgIpc) is 1.99. The molecular weight excluding hydrogens is 193 g/mol. The van der Waals surface area contributed by atoms with Crippen LogP contribution in [0.1, 0.15) is 27.2 Å². The van der Waals surface area contributed by atoms with Gasteiger partial charge in [0.15, 0.2) is 0 Å². The third-order valence-corrected chi connectivity index (χ3v) is 2.56. The SMILES string of the molecule is CCC(C)N(C)C(C(C)N)C(F)(F)F. The lowest BCUT2D eigenvalue weighted by Gasteiger charge is -2.36. The van der Waals surface area contributed by atoms with Crippen LogP contribution in [0.15, 0.2) is 0 Å². The van der Waals surface area contributed by atoms with Crippen molar-refractivity contribution in [2.24, 2.45) is 5.73 Å². The van der Waals surface area contributed by atoms with Crippen LogP contribution in [0.5, 0.6) is 0 Å². The Morgan fingerprint density at radius 2 is 1.71 bits per heavy atom. The molecule has 0 aromatic heterocycles. The largest absolute Gasteiger partial charge is 0.405 e. The summed E-state index contributed by atoms with van der Waals surface area (Å²) in [6.45, 7) is 5.01. The first-order valence-electron chi connectivity index (χ1n) is 4.76. The third-order valence-electron chi connectivity index (χ3n) is 2.56. The van der Waals surface area contributed by atoms with E-state index in [9.17, 15) is 13.2 Å². The van der Waals surface area contributed by atoms with Crippen LogP contribution < -0.4 is 5.73 Å². The first kappa shape index (κ1) is 13.7. The molecule has 0 aliphatic carbocycles. The Hall–Kier alpha value is -0.290. The lowest BCUT2D eigenvalue weighted by molar-refractivity contribution is -0.189. The predicted molar refractivity (Wildman–Crippen MR) is 51.0 cm³/mol. The summed E-state index contributed by atoms with van der Waals surface area (Å²) in [5, 5.41) is 0. The second kappa shape index (κ2) is 4.98. The Balaban J connectivity index is 4.67. The lowest BCUT2D eigenvalue weighted by atomic mass is 10.1. The summed E-state index contributed by atoms with van der Waals surface area (Å²) < 4.78 is 37.8. The standard InChI is InChI=1S/C9H19F3N2/c1-5-6(2)14(4)8(7(3)13)9(10,11)12/h6-8H,5,13H2,1-4H3. The van der Waals surface area contributed by atoms with Crippen LogP contribution in [-0.2, 0) is 0 Å². The molecule has 0 aliphatic rings. The minimum Gasteiger partial charge on any atom is -0.326 e. The molecule has 2 N–H and O–H groups in total. The van der Waals surface area contributed by atoms with Crippen molar-refractivity contribution in [3.63, 3.8) is 0 Å². The van der Waals surface area contributed by atoms with Gasteiger partial charge in [-0.05, 0) is 27.3 Å². The summed E-state index contributed by atoms with van der Waals surface area (Å²) >= 11 is 0. The Morgan fingerprint density at radius 1 is 1.29 bits per heavy atom. The molecule has 14 heavy (non-hydrogen) atoms. The molecule has 0 heterocycles. The predicted octanol–water partition coefficient (Wildman–Crippen LogP) is 1.99. The van der Waals surface area contributed by atoms with E-state index in [1.807, 2.05) is 6.92 Å². The zero-order chi connectivity index (χ0) is 11.5. The van der Waals surface area contributed by atoms with E-state index in [1.54, 1.807) is 6.92 Å². The van der Waals surface area contributed by atoms with E-state index in [0.717, 1.165) is 0 Å². The zero-order valence-electron chi connectivity index (χ0n) is 9.10. The summed E-state index contributed by atoms with van der Waals surface area (Å²) in [5.74, 6) is 0. The van der Waals surface area contributed by atoms with E-state index >= 15 is 0 Å². The normalized spacial score (nSPS) is 19.5. The van der Waals surface area contributed by atoms with Crippen molar-refractivity contribution in [2.45, 2.75) is 51.5 Å². The van der Waals surface area contributed by atoms with Gasteiger partial charge >= 0.3 is 6.18 Å². The van der Waals surface area contributed by atoms with E-state index in [4.69, 9.17) is 5.73 Å². The second-order valence-electron chi connectivity index (χ2n) is 3.77. The van der Waals surface area contributed by atoms with Gasteiger partial charge in [-0.25, -0.2) is 0 Å². The number of hydrogen-bond acceptors (Lipinski definition) is 2. The van der Waals surface area contributed by atoms with E-state index in [2.05, 4.69) is 0 Å². The van der Waals surface area contributed by atoms with Crippen LogP contribution in [0, 0.1) is 0 Å². The fourth-order valence-corrected chi connectivity index (χ4v) is 1.46. The average molecular weight is 212 g/mol. The van der Waals surface area contributed by atoms with Crippen molar-refractivity contribution in [3.05, 3.63) is 0 Å². The summed E-state index contributed by atoms with van der Waals surface area (Å²) in [7, 11) is 1.47. The molecule has 0 rings (SSSR count). The van der Waals surface area contributed by atoms with Gasteiger partial charge in [0.1, 0.15) is 6.04 Å². The maximum Gasteiger partial charge on any atom is 0.405 e. The van der Waals surface area contributed by atoms with Crippen molar-refractivity contribution < 1.29 is 13.2 Å². The third kappa shape index (κ3) is 3.46. The Bertz CT molecular complexity index is 168. The molecule has 0 spiro atoms. The van der Waals surface area contributed by atoms with Crippen molar-refractivity contribution >= 4 is 0 Å². The van der Waals surface area contributed by atoms with E-state index in [-0.39, 0.29) is 6.04 Å². The molecule has 3 atom stereocenters. The molecule has 0 saturated heterocycles. The van der Waals surface area contributed by atoms with Gasteiger partial charge in [0.25, 0.3) is 0 Å².